The van der Waals surface area contributed by atoms with Crippen LogP contribution < -0.4 is 0 Å². The van der Waals surface area contributed by atoms with Crippen LogP contribution in [-0.4, -0.2) is 10.2 Å². The molecule has 14 heavy (non-hydrogen) atoms. The van der Waals surface area contributed by atoms with Crippen LogP contribution in [0.4, 0.5) is 0 Å². The van der Waals surface area contributed by atoms with Crippen LogP contribution in [0.2, 0.25) is 0 Å². The maximum absolute atomic E-state index is 4.13. The van der Waals surface area contributed by atoms with E-state index in [0.717, 1.165) is 21.7 Å². The van der Waals surface area contributed by atoms with Crippen LogP contribution in [0.15, 0.2) is 42.6 Å². The van der Waals surface area contributed by atoms with Crippen molar-refractivity contribution >= 4 is 21.7 Å². The number of hydrogen-bond acceptors (Lipinski definition) is 2. The van der Waals surface area contributed by atoms with Crippen molar-refractivity contribution in [3.63, 3.8) is 0 Å². The maximum atomic E-state index is 4.13. The second-order valence-electron chi connectivity index (χ2n) is 3.17. The average molecular weight is 179 g/mol. The second kappa shape index (κ2) is 2.77. The molecule has 0 amide bonds. The Balaban J connectivity index is 2.61. The predicted octanol–water partition coefficient (Wildman–Crippen LogP) is 2.58. The lowest BCUT2D eigenvalue weighted by Crippen LogP contribution is -1.84. The number of hydrogen-bond donors (Lipinski definition) is 0. The lowest BCUT2D eigenvalue weighted by atomic mass is 10.1. The highest BCUT2D eigenvalue weighted by atomic mass is 15.1. The summed E-state index contributed by atoms with van der Waals surface area (Å²) >= 11 is 0. The molecule has 2 aromatic carbocycles. The summed E-state index contributed by atoms with van der Waals surface area (Å²) in [5.41, 5.74) is 0.922. The van der Waals surface area contributed by atoms with E-state index in [4.69, 9.17) is 0 Å². The average Bonchev–Trinajstić information content (AvgIpc) is 2.29. The first-order valence-corrected chi connectivity index (χ1v) is 4.46. The highest BCUT2D eigenvalue weighted by molar-refractivity contribution is 6.04. The van der Waals surface area contributed by atoms with E-state index in [1.807, 2.05) is 24.3 Å². The third-order valence-electron chi connectivity index (χ3n) is 2.32. The monoisotopic (exact) mass is 179 g/mol. The van der Waals surface area contributed by atoms with Crippen molar-refractivity contribution in [2.24, 2.45) is 0 Å². The summed E-state index contributed by atoms with van der Waals surface area (Å²) < 4.78 is 0. The van der Waals surface area contributed by atoms with Gasteiger partial charge in [0.15, 0.2) is 0 Å². The first kappa shape index (κ1) is 7.44. The van der Waals surface area contributed by atoms with Crippen molar-refractivity contribution in [1.29, 1.82) is 0 Å². The van der Waals surface area contributed by atoms with Gasteiger partial charge >= 0.3 is 0 Å². The molecule has 3 aromatic rings. The van der Waals surface area contributed by atoms with Gasteiger partial charge in [-0.1, -0.05) is 24.3 Å². The smallest absolute Gasteiger partial charge is 0.101 e. The molecule has 2 heteroatoms. The van der Waals surface area contributed by atoms with Gasteiger partial charge in [0.25, 0.3) is 0 Å². The molecule has 0 atom stereocenters. The third kappa shape index (κ3) is 0.973. The fourth-order valence-electron chi connectivity index (χ4n) is 1.64. The zero-order chi connectivity index (χ0) is 9.38. The molecule has 2 nitrogen and oxygen atoms in total. The van der Waals surface area contributed by atoms with Gasteiger partial charge in [-0.25, -0.2) is 0 Å². The topological polar surface area (TPSA) is 25.8 Å². The molecule has 1 heterocycles. The number of aromatic nitrogens is 2. The van der Waals surface area contributed by atoms with E-state index in [-0.39, 0.29) is 0 Å². The first-order chi connectivity index (χ1) is 6.95. The van der Waals surface area contributed by atoms with Gasteiger partial charge in [-0.05, 0) is 23.6 Å². The van der Waals surface area contributed by atoms with E-state index in [0.29, 0.717) is 0 Å². The molecule has 0 unspecified atom stereocenters. The van der Waals surface area contributed by atoms with Gasteiger partial charge in [0.2, 0.25) is 0 Å². The number of fused-ring (bicyclic) bond motifs is 3. The van der Waals surface area contributed by atoms with E-state index in [9.17, 15) is 0 Å². The Morgan fingerprint density at radius 3 is 3.00 bits per heavy atom. The SMILES string of the molecule is [c]1cc2ccccc2c2nnccc12. The Kier molecular flexibility index (Phi) is 1.47. The molecule has 0 aliphatic carbocycles. The molecule has 1 aromatic heterocycles. The zero-order valence-corrected chi connectivity index (χ0v) is 7.44. The van der Waals surface area contributed by atoms with Gasteiger partial charge in [0, 0.05) is 10.8 Å². The van der Waals surface area contributed by atoms with E-state index < -0.39 is 0 Å². The number of rotatable bonds is 0. The fourth-order valence-corrected chi connectivity index (χ4v) is 1.64. The lowest BCUT2D eigenvalue weighted by molar-refractivity contribution is 1.08. The molecule has 0 bridgehead atoms. The minimum Gasteiger partial charge on any atom is -0.158 e. The molecule has 65 valence electrons. The molecule has 0 fully saturated rings. The fraction of sp³-hybridized carbons (Fsp3) is 0. The number of nitrogens with zero attached hydrogens (tertiary/aromatic N) is 2. The molecule has 1 radical (unpaired) electrons. The lowest BCUT2D eigenvalue weighted by Gasteiger charge is -1.99. The normalized spacial score (nSPS) is 10.9. The van der Waals surface area contributed by atoms with E-state index >= 15 is 0 Å². The van der Waals surface area contributed by atoms with E-state index in [1.165, 1.54) is 0 Å². The Hall–Kier alpha value is -1.96. The Morgan fingerprint density at radius 1 is 1.07 bits per heavy atom. The molecule has 0 spiro atoms. The van der Waals surface area contributed by atoms with Gasteiger partial charge in [-0.15, -0.1) is 5.10 Å². The summed E-state index contributed by atoms with van der Waals surface area (Å²) in [6, 6.07) is 15.2. The van der Waals surface area contributed by atoms with Crippen molar-refractivity contribution in [2.45, 2.75) is 0 Å². The van der Waals surface area contributed by atoms with Gasteiger partial charge < -0.3 is 0 Å². The standard InChI is InChI=1S/C12H7N2/c1-2-4-11-9(3-1)5-6-10-7-8-13-14-12(10)11/h1-5,7-8H. The van der Waals surface area contributed by atoms with Crippen LogP contribution in [0.1, 0.15) is 0 Å². The third-order valence-corrected chi connectivity index (χ3v) is 2.32. The Bertz CT molecular complexity index is 547. The van der Waals surface area contributed by atoms with Crippen molar-refractivity contribution in [1.82, 2.24) is 10.2 Å². The van der Waals surface area contributed by atoms with Crippen LogP contribution in [0.3, 0.4) is 0 Å². The summed E-state index contributed by atoms with van der Waals surface area (Å²) in [7, 11) is 0. The molecule has 0 aliphatic rings. The molecular formula is C12H7N2. The van der Waals surface area contributed by atoms with Crippen molar-refractivity contribution < 1.29 is 0 Å². The van der Waals surface area contributed by atoms with E-state index in [1.54, 1.807) is 6.20 Å². The van der Waals surface area contributed by atoms with Gasteiger partial charge in [0.05, 0.1) is 6.20 Å². The quantitative estimate of drug-likeness (QED) is 0.496. The van der Waals surface area contributed by atoms with Crippen molar-refractivity contribution in [3.05, 3.63) is 48.7 Å². The maximum Gasteiger partial charge on any atom is 0.101 e. The predicted molar refractivity (Wildman–Crippen MR) is 55.9 cm³/mol. The molecular weight excluding hydrogens is 172 g/mol. The second-order valence-corrected chi connectivity index (χ2v) is 3.17. The summed E-state index contributed by atoms with van der Waals surface area (Å²) in [5.74, 6) is 0. The minimum absolute atomic E-state index is 0.922. The summed E-state index contributed by atoms with van der Waals surface area (Å²) in [5, 5.41) is 11.3. The molecule has 0 aliphatic heterocycles. The highest BCUT2D eigenvalue weighted by Gasteiger charge is 1.99. The Labute approximate surface area is 81.2 Å². The molecule has 0 N–H and O–H groups in total. The Morgan fingerprint density at radius 2 is 2.00 bits per heavy atom. The molecule has 0 saturated heterocycles. The molecule has 3 rings (SSSR count). The van der Waals surface area contributed by atoms with Crippen LogP contribution in [-0.2, 0) is 0 Å². The van der Waals surface area contributed by atoms with Gasteiger partial charge in [-0.3, -0.25) is 0 Å². The van der Waals surface area contributed by atoms with Gasteiger partial charge in [-0.2, -0.15) is 5.10 Å². The summed E-state index contributed by atoms with van der Waals surface area (Å²) in [6.45, 7) is 0. The van der Waals surface area contributed by atoms with Crippen LogP contribution in [0, 0.1) is 6.07 Å². The summed E-state index contributed by atoms with van der Waals surface area (Å²) in [4.78, 5) is 0. The first-order valence-electron chi connectivity index (χ1n) is 4.46. The zero-order valence-electron chi connectivity index (χ0n) is 7.44. The van der Waals surface area contributed by atoms with Crippen LogP contribution >= 0.6 is 0 Å². The van der Waals surface area contributed by atoms with Crippen molar-refractivity contribution in [2.75, 3.05) is 0 Å². The van der Waals surface area contributed by atoms with Crippen LogP contribution in [0.5, 0.6) is 0 Å². The largest absolute Gasteiger partial charge is 0.158 e. The van der Waals surface area contributed by atoms with Crippen molar-refractivity contribution in [3.8, 4) is 0 Å². The molecule has 0 saturated carbocycles. The van der Waals surface area contributed by atoms with Gasteiger partial charge in [0.1, 0.15) is 5.52 Å². The number of benzene rings is 2. The van der Waals surface area contributed by atoms with E-state index in [2.05, 4.69) is 28.4 Å². The van der Waals surface area contributed by atoms with Crippen LogP contribution in [0.25, 0.3) is 21.7 Å². The minimum atomic E-state index is 0.922. The summed E-state index contributed by atoms with van der Waals surface area (Å²) in [6.07, 6.45) is 1.69. The highest BCUT2D eigenvalue weighted by Crippen LogP contribution is 2.21.